The number of aliphatic carboxylic acids is 1. The van der Waals surface area contributed by atoms with Crippen molar-refractivity contribution in [3.8, 4) is 34.4 Å². The Kier molecular flexibility index (Phi) is 12.8. The van der Waals surface area contributed by atoms with Crippen LogP contribution in [-0.4, -0.2) is 46.6 Å². The molecule has 2 aliphatic rings. The van der Waals surface area contributed by atoms with E-state index in [0.29, 0.717) is 45.0 Å². The Bertz CT molecular complexity index is 2670. The Balaban J connectivity index is 0.981. The molecule has 3 amide bonds. The fourth-order valence-electron chi connectivity index (χ4n) is 7.71. The summed E-state index contributed by atoms with van der Waals surface area (Å²) in [5.41, 5.74) is 7.27. The highest BCUT2D eigenvalue weighted by Gasteiger charge is 2.38. The van der Waals surface area contributed by atoms with E-state index in [2.05, 4.69) is 16.7 Å². The zero-order valence-electron chi connectivity index (χ0n) is 34.1. The van der Waals surface area contributed by atoms with Crippen molar-refractivity contribution < 1.29 is 33.7 Å². The number of hydrogen-bond acceptors (Lipinski definition) is 7. The van der Waals surface area contributed by atoms with Gasteiger partial charge in [-0.2, -0.15) is 5.26 Å². The van der Waals surface area contributed by atoms with Crippen LogP contribution < -0.4 is 24.8 Å². The second-order valence-corrected chi connectivity index (χ2v) is 16.3. The molecule has 0 radical (unpaired) electrons. The van der Waals surface area contributed by atoms with Crippen molar-refractivity contribution in [1.29, 1.82) is 5.26 Å². The molecule has 0 spiro atoms. The Morgan fingerprint density at radius 2 is 1.51 bits per heavy atom. The number of urea groups is 1. The normalized spacial score (nSPS) is 16.1. The van der Waals surface area contributed by atoms with Gasteiger partial charge in [0.1, 0.15) is 31.0 Å². The van der Waals surface area contributed by atoms with Gasteiger partial charge < -0.3 is 34.9 Å². The number of hydrogen-bond donors (Lipinski definition) is 3. The van der Waals surface area contributed by atoms with E-state index < -0.39 is 36.1 Å². The summed E-state index contributed by atoms with van der Waals surface area (Å²) in [6.07, 6.45) is -0.291. The summed E-state index contributed by atoms with van der Waals surface area (Å²) >= 11 is 12.2. The number of carbonyl (C=O) groups excluding carboxylic acids is 2. The monoisotopic (exact) mass is 880 g/mol. The van der Waals surface area contributed by atoms with Crippen LogP contribution >= 0.6 is 23.2 Å². The van der Waals surface area contributed by atoms with E-state index in [4.69, 9.17) is 42.7 Å². The van der Waals surface area contributed by atoms with E-state index in [0.717, 1.165) is 38.9 Å². The average Bonchev–Trinajstić information content (AvgIpc) is 3.31. The second kappa shape index (κ2) is 18.9. The number of nitrogens with zero attached hydrogens (tertiary/aromatic N) is 2. The smallest absolute Gasteiger partial charge is 0.326 e. The number of nitriles is 1. The van der Waals surface area contributed by atoms with Gasteiger partial charge in [0.25, 0.3) is 0 Å². The largest absolute Gasteiger partial charge is 0.489 e. The quantitative estimate of drug-likeness (QED) is 0.110. The zero-order chi connectivity index (χ0) is 44.0. The van der Waals surface area contributed by atoms with E-state index in [1.165, 1.54) is 4.90 Å². The van der Waals surface area contributed by atoms with Crippen molar-refractivity contribution in [2.75, 3.05) is 6.61 Å². The number of halogens is 2. The number of ether oxygens (including phenoxy) is 3. The molecule has 4 atom stereocenters. The highest BCUT2D eigenvalue weighted by molar-refractivity contribution is 6.42. The van der Waals surface area contributed by atoms with Gasteiger partial charge in [0.15, 0.2) is 17.6 Å². The van der Waals surface area contributed by atoms with Gasteiger partial charge in [-0.1, -0.05) is 108 Å². The third-order valence-corrected chi connectivity index (χ3v) is 12.0. The van der Waals surface area contributed by atoms with Crippen molar-refractivity contribution in [1.82, 2.24) is 15.5 Å². The van der Waals surface area contributed by atoms with E-state index in [-0.39, 0.29) is 32.0 Å². The van der Waals surface area contributed by atoms with Crippen LogP contribution in [0.25, 0.3) is 11.1 Å². The molecule has 2 heterocycles. The Hall–Kier alpha value is -7.00. The molecule has 2 aliphatic heterocycles. The zero-order valence-corrected chi connectivity index (χ0v) is 35.6. The Morgan fingerprint density at radius 1 is 0.825 bits per heavy atom. The fourth-order valence-corrected chi connectivity index (χ4v) is 8.03. The summed E-state index contributed by atoms with van der Waals surface area (Å²) in [5.74, 6) is -0.122. The molecule has 13 heteroatoms. The molecular formula is C50H42Cl2N4O7. The molecule has 0 unspecified atom stereocenters. The van der Waals surface area contributed by atoms with Crippen LogP contribution in [0.3, 0.4) is 0 Å². The summed E-state index contributed by atoms with van der Waals surface area (Å²) < 4.78 is 18.7. The molecule has 0 saturated heterocycles. The molecule has 11 nitrogen and oxygen atoms in total. The maximum Gasteiger partial charge on any atom is 0.326 e. The minimum atomic E-state index is -1.27. The number of nitrogens with one attached hydrogen (secondary N) is 2. The van der Waals surface area contributed by atoms with E-state index in [9.17, 15) is 19.5 Å². The maximum absolute atomic E-state index is 14.2. The lowest BCUT2D eigenvalue weighted by Crippen LogP contribution is -2.57. The van der Waals surface area contributed by atoms with Gasteiger partial charge in [0, 0.05) is 19.4 Å². The van der Waals surface area contributed by atoms with Crippen LogP contribution in [0.15, 0.2) is 133 Å². The minimum Gasteiger partial charge on any atom is -0.489 e. The maximum atomic E-state index is 14.2. The van der Waals surface area contributed by atoms with E-state index in [1.807, 2.05) is 116 Å². The topological polar surface area (TPSA) is 150 Å². The van der Waals surface area contributed by atoms with Gasteiger partial charge in [-0.3, -0.25) is 4.79 Å². The highest BCUT2D eigenvalue weighted by atomic mass is 35.5. The predicted octanol–water partition coefficient (Wildman–Crippen LogP) is 9.63. The molecule has 0 aromatic heterocycles. The lowest BCUT2D eigenvalue weighted by molar-refractivity contribution is -0.142. The van der Waals surface area contributed by atoms with Gasteiger partial charge in [-0.25, -0.2) is 9.59 Å². The first-order chi connectivity index (χ1) is 30.5. The number of amides is 3. The molecule has 0 fully saturated rings. The van der Waals surface area contributed by atoms with Crippen molar-refractivity contribution in [2.24, 2.45) is 0 Å². The minimum absolute atomic E-state index is 0.0175. The molecular weight excluding hydrogens is 839 g/mol. The first-order valence-corrected chi connectivity index (χ1v) is 21.1. The van der Waals surface area contributed by atoms with Gasteiger partial charge in [0.05, 0.1) is 27.7 Å². The molecule has 0 saturated carbocycles. The molecule has 3 N–H and O–H groups in total. The summed E-state index contributed by atoms with van der Waals surface area (Å²) in [5, 5.41) is 26.2. The first kappa shape index (κ1) is 42.7. The van der Waals surface area contributed by atoms with Crippen molar-refractivity contribution in [2.45, 2.75) is 57.1 Å². The van der Waals surface area contributed by atoms with Crippen molar-refractivity contribution >= 4 is 41.1 Å². The molecule has 6 aromatic rings. The highest BCUT2D eigenvalue weighted by Crippen LogP contribution is 2.41. The Morgan fingerprint density at radius 3 is 2.19 bits per heavy atom. The third-order valence-electron chi connectivity index (χ3n) is 11.3. The fraction of sp³-hybridized carbons (Fsp3) is 0.200. The summed E-state index contributed by atoms with van der Waals surface area (Å²) in [4.78, 5) is 42.4. The first-order valence-electron chi connectivity index (χ1n) is 20.4. The molecule has 8 rings (SSSR count). The van der Waals surface area contributed by atoms with Crippen LogP contribution in [0.1, 0.15) is 58.0 Å². The van der Waals surface area contributed by atoms with E-state index in [1.54, 1.807) is 24.3 Å². The number of carboxylic acids is 1. The van der Waals surface area contributed by atoms with Gasteiger partial charge in [0.2, 0.25) is 5.91 Å². The average molecular weight is 882 g/mol. The van der Waals surface area contributed by atoms with Crippen LogP contribution in [0.2, 0.25) is 10.0 Å². The SMILES string of the molecule is C[C@@H](NC(=O)N1Cc2cc3c(cc2C[C@H]1C(=O)N[C@@H](Cc1ccc(-c2ccc(C#N)cc2)cc1)C(=O)O)OC[C@H](c1ccc(OCc2ccc(Cl)c(Cl)c2)cc1)O3)c1ccccc1. The molecule has 318 valence electrons. The van der Waals surface area contributed by atoms with Crippen LogP contribution in [0.5, 0.6) is 17.2 Å². The lowest BCUT2D eigenvalue weighted by Gasteiger charge is -2.38. The molecule has 6 aromatic carbocycles. The van der Waals surface area contributed by atoms with E-state index >= 15 is 0 Å². The lowest BCUT2D eigenvalue weighted by atomic mass is 9.92. The number of carboxylic acid groups (broad SMARTS) is 1. The third kappa shape index (κ3) is 10.0. The molecule has 63 heavy (non-hydrogen) atoms. The number of benzene rings is 6. The van der Waals surface area contributed by atoms with Crippen LogP contribution in [-0.2, 0) is 35.6 Å². The number of fused-ring (bicyclic) bond motifs is 2. The van der Waals surface area contributed by atoms with Gasteiger partial charge in [-0.15, -0.1) is 0 Å². The summed E-state index contributed by atoms with van der Waals surface area (Å²) in [6.45, 7) is 2.47. The Labute approximate surface area is 374 Å². The standard InChI is InChI=1S/C50H42Cl2N4O7/c1-30(34-5-3-2-4-6-34)54-50(60)56-27-39-25-46-45(62-29-47(63-46)37-16-18-40(19-17-37)61-28-33-11-20-41(51)42(52)21-33)24-38(39)23-44(56)48(57)55-43(49(58)59)22-31-7-12-35(13-8-31)36-14-9-32(26-53)10-15-36/h2-21,24-25,30,43-44,47H,22-23,27-29H2,1H3,(H,54,60)(H,55,57)(H,58,59)/t30-,43+,44+,47-/m1/s1. The molecule has 0 aliphatic carbocycles. The number of rotatable bonds is 12. The van der Waals surface area contributed by atoms with Gasteiger partial charge >= 0.3 is 12.0 Å². The van der Waals surface area contributed by atoms with Crippen molar-refractivity contribution in [3.05, 3.63) is 182 Å². The summed E-state index contributed by atoms with van der Waals surface area (Å²) in [6, 6.07) is 39.6. The van der Waals surface area contributed by atoms with Crippen LogP contribution in [0.4, 0.5) is 4.79 Å². The summed E-state index contributed by atoms with van der Waals surface area (Å²) in [7, 11) is 0. The van der Waals surface area contributed by atoms with Crippen LogP contribution in [0, 0.1) is 11.3 Å². The van der Waals surface area contributed by atoms with Gasteiger partial charge in [-0.05, 0) is 100.0 Å². The molecule has 0 bridgehead atoms. The van der Waals surface area contributed by atoms with Crippen molar-refractivity contribution in [3.63, 3.8) is 0 Å². The predicted molar refractivity (Wildman–Crippen MR) is 239 cm³/mol. The second-order valence-electron chi connectivity index (χ2n) is 15.5. The number of carbonyl (C=O) groups is 3.